The van der Waals surface area contributed by atoms with Crippen LogP contribution in [-0.4, -0.2) is 78.1 Å². The Kier molecular flexibility index (Phi) is 11.3. The molecule has 6 nitrogen and oxygen atoms in total. The topological polar surface area (TPSA) is 51.2 Å². The van der Waals surface area contributed by atoms with Gasteiger partial charge in [-0.3, -0.25) is 14.6 Å². The van der Waals surface area contributed by atoms with E-state index in [4.69, 9.17) is 14.2 Å². The molecule has 0 aromatic rings. The molecule has 6 heteroatoms. The number of ether oxygens (including phenoxy) is 3. The van der Waals surface area contributed by atoms with Crippen molar-refractivity contribution in [2.24, 2.45) is 5.92 Å². The highest BCUT2D eigenvalue weighted by molar-refractivity contribution is 5.73. The van der Waals surface area contributed by atoms with E-state index in [1.54, 1.807) is 0 Å². The number of rotatable bonds is 13. The van der Waals surface area contributed by atoms with Crippen molar-refractivity contribution in [1.82, 2.24) is 9.80 Å². The lowest BCUT2D eigenvalue weighted by molar-refractivity contribution is -0.156. The Labute approximate surface area is 222 Å². The van der Waals surface area contributed by atoms with E-state index in [9.17, 15) is 4.79 Å². The molecule has 0 unspecified atom stereocenters. The molecule has 2 aliphatic heterocycles. The number of piperidine rings is 2. The Hall–Kier alpha value is -0.690. The largest absolute Gasteiger partial charge is 0.465 e. The molecular formula is C30H58N2O4. The molecule has 212 valence electrons. The Morgan fingerprint density at radius 3 is 1.58 bits per heavy atom. The van der Waals surface area contributed by atoms with Gasteiger partial charge in [0.1, 0.15) is 6.79 Å². The fourth-order valence-electron chi connectivity index (χ4n) is 6.44. The maximum atomic E-state index is 12.7. The zero-order chi connectivity index (χ0) is 27.2. The summed E-state index contributed by atoms with van der Waals surface area (Å²) in [6, 6.07) is 0. The van der Waals surface area contributed by atoms with Gasteiger partial charge in [0.05, 0.1) is 18.6 Å². The van der Waals surface area contributed by atoms with E-state index < -0.39 is 0 Å². The first kappa shape index (κ1) is 31.5. The number of unbranched alkanes of at least 4 members (excludes halogenated alkanes) is 5. The number of hydrogen-bond acceptors (Lipinski definition) is 6. The standard InChI is InChI=1S/C30H58N2O4/c1-27(2)19-24(20-28(3,4)31(27)9)26(33)35-18-16-14-12-11-13-15-17-34-23-36-25-21-29(5,6)32(10)30(7,8)22-25/h24-25H,11-23H2,1-10H3. The van der Waals surface area contributed by atoms with Crippen molar-refractivity contribution in [3.05, 3.63) is 0 Å². The number of hydrogen-bond donors (Lipinski definition) is 0. The highest BCUT2D eigenvalue weighted by atomic mass is 16.7. The van der Waals surface area contributed by atoms with Gasteiger partial charge in [0.2, 0.25) is 0 Å². The first-order chi connectivity index (χ1) is 16.6. The fraction of sp³-hybridized carbons (Fsp3) is 0.967. The minimum Gasteiger partial charge on any atom is -0.465 e. The van der Waals surface area contributed by atoms with Crippen molar-refractivity contribution < 1.29 is 19.0 Å². The molecule has 0 aromatic heterocycles. The third kappa shape index (κ3) is 8.96. The van der Waals surface area contributed by atoms with E-state index in [1.807, 2.05) is 0 Å². The second-order valence-electron chi connectivity index (χ2n) is 14.0. The van der Waals surface area contributed by atoms with Crippen LogP contribution in [0.25, 0.3) is 0 Å². The lowest BCUT2D eigenvalue weighted by Crippen LogP contribution is -2.60. The molecule has 0 N–H and O–H groups in total. The van der Waals surface area contributed by atoms with Crippen molar-refractivity contribution in [3.63, 3.8) is 0 Å². The van der Waals surface area contributed by atoms with Crippen LogP contribution in [0, 0.1) is 5.92 Å². The van der Waals surface area contributed by atoms with Crippen LogP contribution in [0.2, 0.25) is 0 Å². The highest BCUT2D eigenvalue weighted by Gasteiger charge is 2.46. The molecule has 36 heavy (non-hydrogen) atoms. The van der Waals surface area contributed by atoms with Gasteiger partial charge in [0.25, 0.3) is 0 Å². The smallest absolute Gasteiger partial charge is 0.309 e. The average Bonchev–Trinajstić information content (AvgIpc) is 2.75. The predicted molar refractivity (Wildman–Crippen MR) is 148 cm³/mol. The van der Waals surface area contributed by atoms with Crippen LogP contribution in [0.1, 0.15) is 120 Å². The first-order valence-corrected chi connectivity index (χ1v) is 14.4. The zero-order valence-electron chi connectivity index (χ0n) is 25.4. The van der Waals surface area contributed by atoms with Gasteiger partial charge in [0.15, 0.2) is 0 Å². The molecule has 0 bridgehead atoms. The van der Waals surface area contributed by atoms with Gasteiger partial charge in [-0.25, -0.2) is 0 Å². The maximum Gasteiger partial charge on any atom is 0.309 e. The van der Waals surface area contributed by atoms with E-state index in [1.165, 1.54) is 19.3 Å². The molecule has 0 aromatic carbocycles. The average molecular weight is 511 g/mol. The Morgan fingerprint density at radius 1 is 0.667 bits per heavy atom. The van der Waals surface area contributed by atoms with Crippen molar-refractivity contribution in [2.45, 2.75) is 148 Å². The molecule has 0 spiro atoms. The highest BCUT2D eigenvalue weighted by Crippen LogP contribution is 2.40. The van der Waals surface area contributed by atoms with Crippen LogP contribution in [0.3, 0.4) is 0 Å². The van der Waals surface area contributed by atoms with E-state index in [-0.39, 0.29) is 40.1 Å². The molecule has 0 amide bonds. The van der Waals surface area contributed by atoms with Crippen LogP contribution in [0.4, 0.5) is 0 Å². The van der Waals surface area contributed by atoms with Crippen molar-refractivity contribution in [3.8, 4) is 0 Å². The minimum absolute atomic E-state index is 0.00371. The molecule has 2 aliphatic rings. The van der Waals surface area contributed by atoms with Crippen LogP contribution in [-0.2, 0) is 19.0 Å². The monoisotopic (exact) mass is 510 g/mol. The van der Waals surface area contributed by atoms with Crippen LogP contribution >= 0.6 is 0 Å². The van der Waals surface area contributed by atoms with Gasteiger partial charge in [-0.2, -0.15) is 0 Å². The molecule has 0 aliphatic carbocycles. The molecule has 0 atom stereocenters. The second kappa shape index (κ2) is 12.9. The number of nitrogens with zero attached hydrogens (tertiary/aromatic N) is 2. The van der Waals surface area contributed by atoms with E-state index in [2.05, 4.69) is 79.3 Å². The maximum absolute atomic E-state index is 12.7. The summed E-state index contributed by atoms with van der Waals surface area (Å²) in [4.78, 5) is 17.5. The molecular weight excluding hydrogens is 452 g/mol. The number of likely N-dealkylation sites (tertiary alicyclic amines) is 2. The number of esters is 1. The third-order valence-electron chi connectivity index (χ3n) is 9.23. The van der Waals surface area contributed by atoms with Crippen LogP contribution < -0.4 is 0 Å². The Balaban J connectivity index is 1.46. The summed E-state index contributed by atoms with van der Waals surface area (Å²) in [5.41, 5.74) is 0.320. The quantitative estimate of drug-likeness (QED) is 0.162. The minimum atomic E-state index is -0.00371. The summed E-state index contributed by atoms with van der Waals surface area (Å²) in [5.74, 6) is 0.00334. The van der Waals surface area contributed by atoms with Gasteiger partial charge >= 0.3 is 5.97 Å². The summed E-state index contributed by atoms with van der Waals surface area (Å²) in [5, 5.41) is 0. The van der Waals surface area contributed by atoms with Gasteiger partial charge in [-0.05, 0) is 108 Å². The van der Waals surface area contributed by atoms with Crippen molar-refractivity contribution in [1.29, 1.82) is 0 Å². The summed E-state index contributed by atoms with van der Waals surface area (Å²) < 4.78 is 17.5. The van der Waals surface area contributed by atoms with Gasteiger partial charge in [-0.1, -0.05) is 25.7 Å². The Bertz CT molecular complexity index is 652. The number of carbonyl (C=O) groups excluding carboxylic acids is 1. The zero-order valence-corrected chi connectivity index (χ0v) is 25.4. The van der Waals surface area contributed by atoms with Gasteiger partial charge in [-0.15, -0.1) is 0 Å². The summed E-state index contributed by atoms with van der Waals surface area (Å²) in [7, 11) is 4.38. The van der Waals surface area contributed by atoms with Crippen LogP contribution in [0.15, 0.2) is 0 Å². The van der Waals surface area contributed by atoms with E-state index in [0.717, 1.165) is 51.6 Å². The van der Waals surface area contributed by atoms with Gasteiger partial charge < -0.3 is 14.2 Å². The molecule has 2 heterocycles. The third-order valence-corrected chi connectivity index (χ3v) is 9.23. The first-order valence-electron chi connectivity index (χ1n) is 14.4. The number of carbonyl (C=O) groups is 1. The predicted octanol–water partition coefficient (Wildman–Crippen LogP) is 6.41. The molecule has 0 saturated carbocycles. The molecule has 2 saturated heterocycles. The molecule has 0 radical (unpaired) electrons. The summed E-state index contributed by atoms with van der Waals surface area (Å²) >= 11 is 0. The SMILES string of the molecule is CN1C(C)(C)CC(OCOCCCCCCCCOC(=O)C2CC(C)(C)N(C)C(C)(C)C2)CC1(C)C. The summed E-state index contributed by atoms with van der Waals surface area (Å²) in [6.07, 6.45) is 10.8. The normalized spacial score (nSPS) is 24.6. The van der Waals surface area contributed by atoms with Crippen LogP contribution in [0.5, 0.6) is 0 Å². The van der Waals surface area contributed by atoms with E-state index >= 15 is 0 Å². The van der Waals surface area contributed by atoms with E-state index in [0.29, 0.717) is 13.4 Å². The van der Waals surface area contributed by atoms with Crippen molar-refractivity contribution >= 4 is 5.97 Å². The summed E-state index contributed by atoms with van der Waals surface area (Å²) in [6.45, 7) is 19.8. The lowest BCUT2D eigenvalue weighted by Gasteiger charge is -2.53. The fourth-order valence-corrected chi connectivity index (χ4v) is 6.44. The van der Waals surface area contributed by atoms with Crippen molar-refractivity contribution in [2.75, 3.05) is 34.1 Å². The Morgan fingerprint density at radius 2 is 1.08 bits per heavy atom. The molecule has 2 rings (SSSR count). The second-order valence-corrected chi connectivity index (χ2v) is 14.0. The lowest BCUT2D eigenvalue weighted by atomic mass is 9.74. The van der Waals surface area contributed by atoms with Gasteiger partial charge in [0, 0.05) is 28.8 Å². The molecule has 2 fully saturated rings.